The number of hydrogen-bond acceptors (Lipinski definition) is 4. The molecule has 3 aliphatic rings. The third kappa shape index (κ3) is 3.64. The third-order valence-corrected chi connectivity index (χ3v) is 5.43. The van der Waals surface area contributed by atoms with Crippen molar-refractivity contribution in [2.75, 3.05) is 26.2 Å². The molecular weight excluding hydrogens is 308 g/mol. The number of nitrogens with one attached hydrogen (secondary N) is 1. The van der Waals surface area contributed by atoms with Gasteiger partial charge >= 0.3 is 6.03 Å². The minimum atomic E-state index is -1.04. The second-order valence-corrected chi connectivity index (χ2v) is 7.47. The molecule has 3 amide bonds. The summed E-state index contributed by atoms with van der Waals surface area (Å²) < 4.78 is 0. The molecule has 132 valence electrons. The van der Waals surface area contributed by atoms with Crippen LogP contribution in [0.1, 0.15) is 44.9 Å². The summed E-state index contributed by atoms with van der Waals surface area (Å²) in [6, 6.07) is 2.19. The van der Waals surface area contributed by atoms with Crippen molar-refractivity contribution >= 4 is 11.9 Å². The van der Waals surface area contributed by atoms with Crippen molar-refractivity contribution in [3.63, 3.8) is 0 Å². The van der Waals surface area contributed by atoms with Crippen LogP contribution in [-0.2, 0) is 4.79 Å². The first-order valence-corrected chi connectivity index (χ1v) is 8.94. The largest absolute Gasteiger partial charge is 0.385 e. The molecule has 2 heterocycles. The Kier molecular flexibility index (Phi) is 4.95. The van der Waals surface area contributed by atoms with Crippen molar-refractivity contribution in [2.24, 2.45) is 5.92 Å². The Bertz CT molecular complexity index is 532. The van der Waals surface area contributed by atoms with Crippen LogP contribution in [0.2, 0.25) is 0 Å². The fraction of sp³-hybridized carbons (Fsp3) is 0.824. The predicted octanol–water partition coefficient (Wildman–Crippen LogP) is 0.838. The summed E-state index contributed by atoms with van der Waals surface area (Å²) in [6.07, 6.45) is 6.10. The van der Waals surface area contributed by atoms with Gasteiger partial charge in [0.25, 0.3) is 0 Å². The molecule has 1 unspecified atom stereocenters. The molecule has 3 fully saturated rings. The van der Waals surface area contributed by atoms with Crippen LogP contribution in [0, 0.1) is 17.2 Å². The van der Waals surface area contributed by atoms with Crippen molar-refractivity contribution < 1.29 is 14.7 Å². The minimum absolute atomic E-state index is 0.00372. The van der Waals surface area contributed by atoms with E-state index < -0.39 is 5.60 Å². The second-order valence-electron chi connectivity index (χ2n) is 7.47. The zero-order chi connectivity index (χ0) is 17.2. The monoisotopic (exact) mass is 334 g/mol. The van der Waals surface area contributed by atoms with E-state index >= 15 is 0 Å². The molecule has 0 radical (unpaired) electrons. The van der Waals surface area contributed by atoms with Crippen LogP contribution in [-0.4, -0.2) is 64.7 Å². The van der Waals surface area contributed by atoms with Crippen LogP contribution in [0.25, 0.3) is 0 Å². The highest BCUT2D eigenvalue weighted by molar-refractivity contribution is 5.82. The van der Waals surface area contributed by atoms with E-state index in [-0.39, 0.29) is 43.4 Å². The molecule has 0 bridgehead atoms. The normalized spacial score (nSPS) is 26.6. The Balaban J connectivity index is 1.49. The maximum atomic E-state index is 12.6. The van der Waals surface area contributed by atoms with Gasteiger partial charge in [0.2, 0.25) is 5.91 Å². The number of nitriles is 1. The molecule has 1 saturated carbocycles. The van der Waals surface area contributed by atoms with Crippen molar-refractivity contribution in [3.05, 3.63) is 0 Å². The van der Waals surface area contributed by atoms with E-state index in [0.29, 0.717) is 13.1 Å². The van der Waals surface area contributed by atoms with Crippen LogP contribution in [0.3, 0.4) is 0 Å². The van der Waals surface area contributed by atoms with Gasteiger partial charge in [-0.15, -0.1) is 0 Å². The van der Waals surface area contributed by atoms with Crippen LogP contribution >= 0.6 is 0 Å². The standard InChI is InChI=1S/C17H26N4O3/c18-8-7-17(24)11-21(12-17)15(22)13-4-3-9-20(10-13)16(23)19-14-5-1-2-6-14/h13-14,24H,1-7,9-12H2,(H,19,23). The summed E-state index contributed by atoms with van der Waals surface area (Å²) in [5.74, 6) is -0.198. The number of carbonyl (C=O) groups excluding carboxylic acids is 2. The minimum Gasteiger partial charge on any atom is -0.385 e. The van der Waals surface area contributed by atoms with Crippen molar-refractivity contribution in [3.8, 4) is 6.07 Å². The van der Waals surface area contributed by atoms with Gasteiger partial charge in [0.1, 0.15) is 5.60 Å². The average molecular weight is 334 g/mol. The quantitative estimate of drug-likeness (QED) is 0.799. The number of nitrogens with zero attached hydrogens (tertiary/aromatic N) is 3. The Morgan fingerprint density at radius 1 is 1.17 bits per heavy atom. The zero-order valence-electron chi connectivity index (χ0n) is 14.0. The molecule has 0 spiro atoms. The third-order valence-electron chi connectivity index (χ3n) is 5.43. The smallest absolute Gasteiger partial charge is 0.317 e. The molecule has 2 N–H and O–H groups in total. The van der Waals surface area contributed by atoms with E-state index in [1.165, 1.54) is 12.8 Å². The fourth-order valence-corrected chi connectivity index (χ4v) is 4.04. The number of β-amino-alcohol motifs (C(OH)–C–C–N with tert-alkyl or cyclic N) is 1. The number of piperidine rings is 1. The van der Waals surface area contributed by atoms with E-state index in [1.807, 2.05) is 6.07 Å². The number of amides is 3. The summed E-state index contributed by atoms with van der Waals surface area (Å²) in [4.78, 5) is 28.3. The second kappa shape index (κ2) is 6.98. The van der Waals surface area contributed by atoms with Gasteiger partial charge in [0, 0.05) is 19.1 Å². The molecule has 24 heavy (non-hydrogen) atoms. The lowest BCUT2D eigenvalue weighted by Crippen LogP contribution is -2.65. The van der Waals surface area contributed by atoms with Gasteiger partial charge in [-0.1, -0.05) is 12.8 Å². The van der Waals surface area contributed by atoms with E-state index in [0.717, 1.165) is 25.7 Å². The predicted molar refractivity (Wildman–Crippen MR) is 86.8 cm³/mol. The molecular formula is C17H26N4O3. The number of aliphatic hydroxyl groups is 1. The topological polar surface area (TPSA) is 96.7 Å². The first-order chi connectivity index (χ1) is 11.5. The van der Waals surface area contributed by atoms with Crippen LogP contribution in [0.15, 0.2) is 0 Å². The molecule has 7 nitrogen and oxygen atoms in total. The Hall–Kier alpha value is -1.81. The van der Waals surface area contributed by atoms with Crippen LogP contribution in [0.5, 0.6) is 0 Å². The number of carbonyl (C=O) groups is 2. The lowest BCUT2D eigenvalue weighted by atomic mass is 9.88. The van der Waals surface area contributed by atoms with Gasteiger partial charge in [0.15, 0.2) is 0 Å². The highest BCUT2D eigenvalue weighted by Crippen LogP contribution is 2.28. The molecule has 2 saturated heterocycles. The Morgan fingerprint density at radius 3 is 2.54 bits per heavy atom. The molecule has 7 heteroatoms. The molecule has 1 atom stereocenters. The van der Waals surface area contributed by atoms with Gasteiger partial charge in [0.05, 0.1) is 31.5 Å². The SMILES string of the molecule is N#CCC1(O)CN(C(=O)C2CCCN(C(=O)NC3CCCC3)C2)C1. The van der Waals surface area contributed by atoms with Crippen LogP contribution < -0.4 is 5.32 Å². The number of urea groups is 1. The molecule has 0 aromatic heterocycles. The first-order valence-electron chi connectivity index (χ1n) is 8.94. The van der Waals surface area contributed by atoms with Gasteiger partial charge in [-0.2, -0.15) is 5.26 Å². The Morgan fingerprint density at radius 2 is 1.88 bits per heavy atom. The lowest BCUT2D eigenvalue weighted by Gasteiger charge is -2.47. The summed E-state index contributed by atoms with van der Waals surface area (Å²) in [5, 5.41) is 21.8. The summed E-state index contributed by atoms with van der Waals surface area (Å²) in [5.41, 5.74) is -1.04. The number of likely N-dealkylation sites (tertiary alicyclic amines) is 2. The van der Waals surface area contributed by atoms with Crippen LogP contribution in [0.4, 0.5) is 4.79 Å². The highest BCUT2D eigenvalue weighted by Gasteiger charge is 2.45. The van der Waals surface area contributed by atoms with Gasteiger partial charge in [-0.05, 0) is 25.7 Å². The average Bonchev–Trinajstić information content (AvgIpc) is 3.05. The van der Waals surface area contributed by atoms with Crippen molar-refractivity contribution in [2.45, 2.75) is 56.6 Å². The van der Waals surface area contributed by atoms with E-state index in [9.17, 15) is 14.7 Å². The van der Waals surface area contributed by atoms with E-state index in [2.05, 4.69) is 5.32 Å². The van der Waals surface area contributed by atoms with E-state index in [4.69, 9.17) is 5.26 Å². The molecule has 0 aromatic rings. The maximum absolute atomic E-state index is 12.6. The van der Waals surface area contributed by atoms with Crippen molar-refractivity contribution in [1.82, 2.24) is 15.1 Å². The summed E-state index contributed by atoms with van der Waals surface area (Å²) >= 11 is 0. The lowest BCUT2D eigenvalue weighted by molar-refractivity contribution is -0.160. The molecule has 0 aromatic carbocycles. The van der Waals surface area contributed by atoms with Crippen molar-refractivity contribution in [1.29, 1.82) is 5.26 Å². The van der Waals surface area contributed by atoms with Gasteiger partial charge in [-0.3, -0.25) is 4.79 Å². The highest BCUT2D eigenvalue weighted by atomic mass is 16.3. The number of hydrogen-bond donors (Lipinski definition) is 2. The molecule has 2 aliphatic heterocycles. The zero-order valence-corrected chi connectivity index (χ0v) is 14.0. The van der Waals surface area contributed by atoms with Gasteiger partial charge < -0.3 is 20.2 Å². The first kappa shape index (κ1) is 17.0. The summed E-state index contributed by atoms with van der Waals surface area (Å²) in [7, 11) is 0. The molecule has 3 rings (SSSR count). The fourth-order valence-electron chi connectivity index (χ4n) is 4.04. The number of rotatable bonds is 3. The maximum Gasteiger partial charge on any atom is 0.317 e. The Labute approximate surface area is 142 Å². The van der Waals surface area contributed by atoms with Gasteiger partial charge in [-0.25, -0.2) is 4.79 Å². The summed E-state index contributed by atoms with van der Waals surface area (Å²) in [6.45, 7) is 1.60. The van der Waals surface area contributed by atoms with E-state index in [1.54, 1.807) is 9.80 Å². The molecule has 1 aliphatic carbocycles.